The lowest BCUT2D eigenvalue weighted by molar-refractivity contribution is 0.810. The van der Waals surface area contributed by atoms with Crippen LogP contribution in [0.1, 0.15) is 23.3 Å². The summed E-state index contributed by atoms with van der Waals surface area (Å²) in [7, 11) is 2.03. The van der Waals surface area contributed by atoms with Gasteiger partial charge in [-0.05, 0) is 13.3 Å². The fraction of sp³-hybridized carbons (Fsp3) is 0.385. The molecule has 20 heavy (non-hydrogen) atoms. The van der Waals surface area contributed by atoms with Gasteiger partial charge in [0.05, 0.1) is 17.2 Å². The second kappa shape index (κ2) is 5.16. The number of aromatic nitrogens is 5. The molecule has 3 aromatic heterocycles. The van der Waals surface area contributed by atoms with Crippen molar-refractivity contribution >= 4 is 22.9 Å². The SMILES string of the molecule is CCc1cc(N(C)Cc2csc(C)n2)n2ncnc2n1. The van der Waals surface area contributed by atoms with Gasteiger partial charge in [-0.25, -0.2) is 9.97 Å². The molecule has 7 heteroatoms. The standard InChI is InChI=1S/C13H16N6S/c1-4-10-5-12(19-13(17-10)14-8-15-19)18(3)6-11-7-20-9(2)16-11/h5,7-8H,4,6H2,1-3H3. The summed E-state index contributed by atoms with van der Waals surface area (Å²) < 4.78 is 1.76. The zero-order valence-corrected chi connectivity index (χ0v) is 12.6. The maximum atomic E-state index is 4.50. The van der Waals surface area contributed by atoms with Gasteiger partial charge < -0.3 is 4.90 Å². The van der Waals surface area contributed by atoms with Crippen molar-refractivity contribution in [2.45, 2.75) is 26.8 Å². The highest BCUT2D eigenvalue weighted by atomic mass is 32.1. The van der Waals surface area contributed by atoms with Gasteiger partial charge in [-0.15, -0.1) is 11.3 Å². The van der Waals surface area contributed by atoms with E-state index in [1.54, 1.807) is 15.9 Å². The second-order valence-corrected chi connectivity index (χ2v) is 5.71. The van der Waals surface area contributed by atoms with Crippen molar-refractivity contribution in [3.63, 3.8) is 0 Å². The molecule has 0 aliphatic carbocycles. The monoisotopic (exact) mass is 288 g/mol. The molecule has 0 radical (unpaired) electrons. The van der Waals surface area contributed by atoms with Crippen LogP contribution in [0.2, 0.25) is 0 Å². The summed E-state index contributed by atoms with van der Waals surface area (Å²) in [5, 5.41) is 7.42. The van der Waals surface area contributed by atoms with Gasteiger partial charge in [-0.1, -0.05) is 6.92 Å². The summed E-state index contributed by atoms with van der Waals surface area (Å²) >= 11 is 1.67. The highest BCUT2D eigenvalue weighted by Crippen LogP contribution is 2.18. The second-order valence-electron chi connectivity index (χ2n) is 4.64. The Morgan fingerprint density at radius 3 is 2.85 bits per heavy atom. The molecule has 0 saturated heterocycles. The van der Waals surface area contributed by atoms with Crippen LogP contribution in [0.3, 0.4) is 0 Å². The average Bonchev–Trinajstić information content (AvgIpc) is 3.06. The van der Waals surface area contributed by atoms with Crippen LogP contribution in [0, 0.1) is 6.92 Å². The van der Waals surface area contributed by atoms with E-state index in [1.807, 2.05) is 14.0 Å². The summed E-state index contributed by atoms with van der Waals surface area (Å²) in [5.74, 6) is 1.62. The zero-order valence-electron chi connectivity index (χ0n) is 11.7. The smallest absolute Gasteiger partial charge is 0.254 e. The van der Waals surface area contributed by atoms with Crippen molar-refractivity contribution < 1.29 is 0 Å². The predicted octanol–water partition coefficient (Wildman–Crippen LogP) is 2.09. The molecular formula is C13H16N6S. The molecule has 6 nitrogen and oxygen atoms in total. The summed E-state index contributed by atoms with van der Waals surface area (Å²) in [4.78, 5) is 15.3. The normalized spacial score (nSPS) is 11.2. The third-order valence-corrected chi connectivity index (χ3v) is 3.93. The van der Waals surface area contributed by atoms with Crippen LogP contribution in [0.5, 0.6) is 0 Å². The van der Waals surface area contributed by atoms with Crippen molar-refractivity contribution in [2.75, 3.05) is 11.9 Å². The van der Waals surface area contributed by atoms with E-state index in [-0.39, 0.29) is 0 Å². The molecule has 0 spiro atoms. The van der Waals surface area contributed by atoms with Crippen LogP contribution in [0.4, 0.5) is 5.82 Å². The Hall–Kier alpha value is -2.02. The van der Waals surface area contributed by atoms with E-state index in [4.69, 9.17) is 0 Å². The Bertz CT molecular complexity index is 731. The Morgan fingerprint density at radius 2 is 2.15 bits per heavy atom. The summed E-state index contributed by atoms with van der Waals surface area (Å²) in [6.07, 6.45) is 2.41. The molecular weight excluding hydrogens is 272 g/mol. The number of fused-ring (bicyclic) bond motifs is 1. The number of hydrogen-bond acceptors (Lipinski definition) is 6. The Morgan fingerprint density at radius 1 is 1.30 bits per heavy atom. The largest absolute Gasteiger partial charge is 0.354 e. The molecule has 0 amide bonds. The van der Waals surface area contributed by atoms with Crippen molar-refractivity contribution in [1.29, 1.82) is 0 Å². The van der Waals surface area contributed by atoms with E-state index in [0.29, 0.717) is 5.78 Å². The summed E-state index contributed by atoms with van der Waals surface area (Å²) in [5.41, 5.74) is 2.08. The van der Waals surface area contributed by atoms with Crippen LogP contribution in [-0.2, 0) is 13.0 Å². The Labute approximate surface area is 121 Å². The minimum absolute atomic E-state index is 0.639. The third kappa shape index (κ3) is 2.36. The highest BCUT2D eigenvalue weighted by Gasteiger charge is 2.12. The first-order valence-corrected chi connectivity index (χ1v) is 7.37. The molecule has 3 aromatic rings. The zero-order chi connectivity index (χ0) is 14.1. The molecule has 104 valence electrons. The number of thiazole rings is 1. The maximum Gasteiger partial charge on any atom is 0.254 e. The molecule has 0 N–H and O–H groups in total. The molecule has 3 rings (SSSR count). The van der Waals surface area contributed by atoms with E-state index < -0.39 is 0 Å². The number of nitrogens with zero attached hydrogens (tertiary/aromatic N) is 6. The van der Waals surface area contributed by atoms with Crippen molar-refractivity contribution in [3.8, 4) is 0 Å². The van der Waals surface area contributed by atoms with E-state index in [9.17, 15) is 0 Å². The van der Waals surface area contributed by atoms with Crippen LogP contribution >= 0.6 is 11.3 Å². The van der Waals surface area contributed by atoms with Crippen LogP contribution < -0.4 is 4.90 Å². The van der Waals surface area contributed by atoms with Crippen molar-refractivity contribution in [2.24, 2.45) is 0 Å². The van der Waals surface area contributed by atoms with Gasteiger partial charge in [0.2, 0.25) is 0 Å². The van der Waals surface area contributed by atoms with Gasteiger partial charge in [-0.3, -0.25) is 0 Å². The molecule has 0 unspecified atom stereocenters. The van der Waals surface area contributed by atoms with Crippen LogP contribution in [-0.4, -0.2) is 31.6 Å². The molecule has 0 atom stereocenters. The third-order valence-electron chi connectivity index (χ3n) is 3.11. The molecule has 0 fully saturated rings. The molecule has 0 bridgehead atoms. The van der Waals surface area contributed by atoms with Crippen LogP contribution in [0.25, 0.3) is 5.78 Å². The molecule has 0 aliphatic heterocycles. The topological polar surface area (TPSA) is 59.2 Å². The number of anilines is 1. The lowest BCUT2D eigenvalue weighted by Gasteiger charge is -2.19. The van der Waals surface area contributed by atoms with Gasteiger partial charge >= 0.3 is 0 Å². The van der Waals surface area contributed by atoms with E-state index >= 15 is 0 Å². The number of rotatable bonds is 4. The molecule has 0 aromatic carbocycles. The van der Waals surface area contributed by atoms with E-state index in [2.05, 4.69) is 43.3 Å². The van der Waals surface area contributed by atoms with Crippen molar-refractivity contribution in [3.05, 3.63) is 34.2 Å². The molecule has 0 saturated carbocycles. The maximum absolute atomic E-state index is 4.50. The number of aryl methyl sites for hydroxylation is 2. The minimum Gasteiger partial charge on any atom is -0.354 e. The fourth-order valence-electron chi connectivity index (χ4n) is 2.10. The first-order valence-electron chi connectivity index (χ1n) is 6.49. The quantitative estimate of drug-likeness (QED) is 0.735. The number of hydrogen-bond donors (Lipinski definition) is 0. The molecule has 3 heterocycles. The first-order chi connectivity index (χ1) is 9.67. The molecule has 0 aliphatic rings. The summed E-state index contributed by atoms with van der Waals surface area (Å²) in [6.45, 7) is 4.85. The first kappa shape index (κ1) is 13.0. The van der Waals surface area contributed by atoms with Crippen LogP contribution in [0.15, 0.2) is 17.8 Å². The van der Waals surface area contributed by atoms with E-state index in [1.165, 1.54) is 6.33 Å². The minimum atomic E-state index is 0.639. The predicted molar refractivity (Wildman–Crippen MR) is 79.1 cm³/mol. The lowest BCUT2D eigenvalue weighted by Crippen LogP contribution is -2.20. The van der Waals surface area contributed by atoms with Gasteiger partial charge in [0.25, 0.3) is 5.78 Å². The average molecular weight is 288 g/mol. The Balaban J connectivity index is 1.97. The van der Waals surface area contributed by atoms with Crippen molar-refractivity contribution in [1.82, 2.24) is 24.6 Å². The van der Waals surface area contributed by atoms with Gasteiger partial charge in [-0.2, -0.15) is 14.6 Å². The van der Waals surface area contributed by atoms with E-state index in [0.717, 1.165) is 35.2 Å². The summed E-state index contributed by atoms with van der Waals surface area (Å²) in [6, 6.07) is 2.06. The van der Waals surface area contributed by atoms with Gasteiger partial charge in [0.1, 0.15) is 12.1 Å². The van der Waals surface area contributed by atoms with Gasteiger partial charge in [0.15, 0.2) is 0 Å². The highest BCUT2D eigenvalue weighted by molar-refractivity contribution is 7.09. The fourth-order valence-corrected chi connectivity index (χ4v) is 2.71. The Kier molecular flexibility index (Phi) is 3.35. The van der Waals surface area contributed by atoms with Gasteiger partial charge in [0, 0.05) is 24.2 Å². The lowest BCUT2D eigenvalue weighted by atomic mass is 10.3.